The van der Waals surface area contributed by atoms with Crippen molar-refractivity contribution in [3.63, 3.8) is 0 Å². The van der Waals surface area contributed by atoms with Gasteiger partial charge in [0.15, 0.2) is 0 Å². The fraction of sp³-hybridized carbons (Fsp3) is 0.222. The maximum atomic E-state index is 12.2. The molecule has 1 heterocycles. The highest BCUT2D eigenvalue weighted by molar-refractivity contribution is 8.76. The molecule has 0 amide bonds. The van der Waals surface area contributed by atoms with E-state index < -0.39 is 24.1 Å². The van der Waals surface area contributed by atoms with Crippen molar-refractivity contribution in [1.29, 1.82) is 0 Å². The third kappa shape index (κ3) is 4.33. The van der Waals surface area contributed by atoms with Crippen LogP contribution in [0.2, 0.25) is 0 Å². The lowest BCUT2D eigenvalue weighted by molar-refractivity contribution is -0.0212. The topological polar surface area (TPSA) is 52.6 Å². The molecule has 1 fully saturated rings. The first-order valence-corrected chi connectivity index (χ1v) is 9.99. The molecule has 0 bridgehead atoms. The van der Waals surface area contributed by atoms with E-state index in [2.05, 4.69) is 0 Å². The van der Waals surface area contributed by atoms with Crippen LogP contribution in [0.1, 0.15) is 20.7 Å². The number of benzene rings is 2. The maximum absolute atomic E-state index is 12.2. The third-order valence-corrected chi connectivity index (χ3v) is 5.91. The SMILES string of the molecule is O=C(OC1CSSCC1OC(=O)c1ccccc1)c1ccccc1. The molecular formula is C18H16O4S2. The summed E-state index contributed by atoms with van der Waals surface area (Å²) in [5.41, 5.74) is 0.989. The summed E-state index contributed by atoms with van der Waals surface area (Å²) in [4.78, 5) is 24.5. The minimum atomic E-state index is -0.448. The average Bonchev–Trinajstić information content (AvgIpc) is 2.64. The second-order valence-electron chi connectivity index (χ2n) is 5.19. The smallest absolute Gasteiger partial charge is 0.338 e. The minimum Gasteiger partial charge on any atom is -0.454 e. The molecule has 0 aliphatic carbocycles. The Morgan fingerprint density at radius 3 is 1.46 bits per heavy atom. The quantitative estimate of drug-likeness (QED) is 0.610. The van der Waals surface area contributed by atoms with Crippen molar-refractivity contribution in [3.05, 3.63) is 71.8 Å². The highest BCUT2D eigenvalue weighted by Gasteiger charge is 2.33. The summed E-state index contributed by atoms with van der Waals surface area (Å²) < 4.78 is 11.2. The lowest BCUT2D eigenvalue weighted by Crippen LogP contribution is -2.40. The van der Waals surface area contributed by atoms with E-state index in [4.69, 9.17) is 9.47 Å². The predicted molar refractivity (Wildman–Crippen MR) is 96.2 cm³/mol. The van der Waals surface area contributed by atoms with E-state index in [0.29, 0.717) is 22.6 Å². The molecule has 0 N–H and O–H groups in total. The fourth-order valence-corrected chi connectivity index (χ4v) is 4.63. The summed E-state index contributed by atoms with van der Waals surface area (Å²) in [6.45, 7) is 0. The first-order chi connectivity index (χ1) is 11.7. The van der Waals surface area contributed by atoms with Gasteiger partial charge in [-0.15, -0.1) is 0 Å². The van der Waals surface area contributed by atoms with Crippen LogP contribution in [0.15, 0.2) is 60.7 Å². The standard InChI is InChI=1S/C18H16O4S2/c19-17(13-7-3-1-4-8-13)21-15-11-23-24-12-16(15)22-18(20)14-9-5-2-6-10-14/h1-10,15-16H,11-12H2. The largest absolute Gasteiger partial charge is 0.454 e. The molecule has 2 atom stereocenters. The number of carbonyl (C=O) groups excluding carboxylic acids is 2. The molecule has 4 nitrogen and oxygen atoms in total. The first kappa shape index (κ1) is 16.9. The molecule has 0 radical (unpaired) electrons. The normalized spacial score (nSPS) is 20.2. The van der Waals surface area contributed by atoms with Gasteiger partial charge in [-0.1, -0.05) is 58.0 Å². The van der Waals surface area contributed by atoms with Gasteiger partial charge in [-0.2, -0.15) is 0 Å². The van der Waals surface area contributed by atoms with E-state index in [1.54, 1.807) is 70.1 Å². The Balaban J connectivity index is 1.65. The van der Waals surface area contributed by atoms with Gasteiger partial charge >= 0.3 is 11.9 Å². The zero-order chi connectivity index (χ0) is 16.8. The van der Waals surface area contributed by atoms with Crippen LogP contribution in [0.5, 0.6) is 0 Å². The van der Waals surface area contributed by atoms with Gasteiger partial charge in [0, 0.05) is 11.5 Å². The fourth-order valence-electron chi connectivity index (χ4n) is 2.22. The summed E-state index contributed by atoms with van der Waals surface area (Å²) >= 11 is 0. The van der Waals surface area contributed by atoms with E-state index in [9.17, 15) is 9.59 Å². The predicted octanol–water partition coefficient (Wildman–Crippen LogP) is 3.83. The molecule has 0 saturated carbocycles. The van der Waals surface area contributed by atoms with Crippen LogP contribution in [-0.2, 0) is 9.47 Å². The lowest BCUT2D eigenvalue weighted by Gasteiger charge is -2.29. The van der Waals surface area contributed by atoms with E-state index in [-0.39, 0.29) is 0 Å². The van der Waals surface area contributed by atoms with Gasteiger partial charge in [-0.3, -0.25) is 0 Å². The highest BCUT2D eigenvalue weighted by Crippen LogP contribution is 2.33. The summed E-state index contributed by atoms with van der Waals surface area (Å²) in [5.74, 6) is 0.397. The molecule has 1 aliphatic heterocycles. The van der Waals surface area contributed by atoms with E-state index in [1.807, 2.05) is 12.1 Å². The van der Waals surface area contributed by atoms with Crippen molar-refractivity contribution < 1.29 is 19.1 Å². The number of rotatable bonds is 4. The second-order valence-corrected chi connectivity index (χ2v) is 7.74. The van der Waals surface area contributed by atoms with Gasteiger partial charge in [0.05, 0.1) is 11.1 Å². The van der Waals surface area contributed by atoms with Crippen molar-refractivity contribution >= 4 is 33.5 Å². The van der Waals surface area contributed by atoms with Gasteiger partial charge in [0.1, 0.15) is 12.2 Å². The van der Waals surface area contributed by atoms with E-state index in [0.717, 1.165) is 0 Å². The number of hydrogen-bond acceptors (Lipinski definition) is 6. The van der Waals surface area contributed by atoms with Crippen LogP contribution in [0, 0.1) is 0 Å². The Morgan fingerprint density at radius 2 is 1.08 bits per heavy atom. The second kappa shape index (κ2) is 8.26. The minimum absolute atomic E-state index is 0.395. The monoisotopic (exact) mass is 360 g/mol. The maximum Gasteiger partial charge on any atom is 0.338 e. The zero-order valence-electron chi connectivity index (χ0n) is 12.8. The molecule has 1 aliphatic rings. The van der Waals surface area contributed by atoms with Crippen LogP contribution < -0.4 is 0 Å². The molecule has 2 unspecified atom stereocenters. The number of carbonyl (C=O) groups is 2. The summed E-state index contributed by atoms with van der Waals surface area (Å²) in [7, 11) is 3.23. The molecule has 0 aromatic heterocycles. The molecule has 6 heteroatoms. The van der Waals surface area contributed by atoms with Crippen molar-refractivity contribution in [1.82, 2.24) is 0 Å². The van der Waals surface area contributed by atoms with Crippen molar-refractivity contribution in [2.45, 2.75) is 12.2 Å². The van der Waals surface area contributed by atoms with Gasteiger partial charge < -0.3 is 9.47 Å². The molecule has 2 aromatic rings. The first-order valence-electron chi connectivity index (χ1n) is 7.50. The number of hydrogen-bond donors (Lipinski definition) is 0. The van der Waals surface area contributed by atoms with Crippen molar-refractivity contribution in [2.24, 2.45) is 0 Å². The number of ether oxygens (including phenoxy) is 2. The lowest BCUT2D eigenvalue weighted by atomic mass is 10.2. The van der Waals surface area contributed by atoms with Gasteiger partial charge in [-0.05, 0) is 24.3 Å². The molecule has 124 valence electrons. The molecule has 24 heavy (non-hydrogen) atoms. The Hall–Kier alpha value is -1.92. The Kier molecular flexibility index (Phi) is 5.82. The van der Waals surface area contributed by atoms with Crippen molar-refractivity contribution in [3.8, 4) is 0 Å². The van der Waals surface area contributed by atoms with Gasteiger partial charge in [-0.25, -0.2) is 9.59 Å². The average molecular weight is 360 g/mol. The molecule has 3 rings (SSSR count). The summed E-state index contributed by atoms with van der Waals surface area (Å²) in [6.07, 6.45) is -0.895. The Morgan fingerprint density at radius 1 is 0.708 bits per heavy atom. The van der Waals surface area contributed by atoms with Crippen LogP contribution in [0.3, 0.4) is 0 Å². The molecule has 0 spiro atoms. The summed E-state index contributed by atoms with van der Waals surface area (Å²) in [5, 5.41) is 0. The van der Waals surface area contributed by atoms with Crippen molar-refractivity contribution in [2.75, 3.05) is 11.5 Å². The van der Waals surface area contributed by atoms with Gasteiger partial charge in [0.2, 0.25) is 0 Å². The van der Waals surface area contributed by atoms with Crippen LogP contribution in [0.25, 0.3) is 0 Å². The Bertz CT molecular complexity index is 629. The molecular weight excluding hydrogens is 344 g/mol. The van der Waals surface area contributed by atoms with E-state index >= 15 is 0 Å². The van der Waals surface area contributed by atoms with Crippen LogP contribution in [-0.4, -0.2) is 35.7 Å². The zero-order valence-corrected chi connectivity index (χ0v) is 14.4. The summed E-state index contributed by atoms with van der Waals surface area (Å²) in [6, 6.07) is 17.7. The number of esters is 2. The van der Waals surface area contributed by atoms with Crippen LogP contribution >= 0.6 is 21.6 Å². The Labute approximate surface area is 148 Å². The third-order valence-electron chi connectivity index (χ3n) is 3.50. The van der Waals surface area contributed by atoms with E-state index in [1.165, 1.54) is 0 Å². The van der Waals surface area contributed by atoms with Gasteiger partial charge in [0.25, 0.3) is 0 Å². The highest BCUT2D eigenvalue weighted by atomic mass is 33.1. The molecule has 2 aromatic carbocycles. The van der Waals surface area contributed by atoms with Crippen LogP contribution in [0.4, 0.5) is 0 Å². The molecule has 1 saturated heterocycles.